The van der Waals surface area contributed by atoms with Crippen molar-refractivity contribution in [2.45, 2.75) is 36.9 Å². The molecular formula is C20H23ClN2O7S. The molecule has 0 radical (unpaired) electrons. The number of nitrogens with zero attached hydrogens (tertiary/aromatic N) is 1. The fourth-order valence-corrected chi connectivity index (χ4v) is 5.12. The summed E-state index contributed by atoms with van der Waals surface area (Å²) in [4.78, 5) is 12.1. The number of benzene rings is 2. The third-order valence-electron chi connectivity index (χ3n) is 4.82. The van der Waals surface area contributed by atoms with E-state index in [2.05, 4.69) is 0 Å². The van der Waals surface area contributed by atoms with E-state index in [4.69, 9.17) is 31.0 Å². The number of hydrogen-bond acceptors (Lipinski definition) is 7. The zero-order valence-corrected chi connectivity index (χ0v) is 18.5. The van der Waals surface area contributed by atoms with Crippen molar-refractivity contribution in [3.05, 3.63) is 59.1 Å². The Morgan fingerprint density at radius 3 is 2.61 bits per heavy atom. The van der Waals surface area contributed by atoms with Gasteiger partial charge in [-0.3, -0.25) is 10.0 Å². The van der Waals surface area contributed by atoms with Gasteiger partial charge in [0.2, 0.25) is 10.0 Å². The Labute approximate surface area is 185 Å². The molecular weight excluding hydrogens is 448 g/mol. The number of halogens is 1. The van der Waals surface area contributed by atoms with Gasteiger partial charge in [-0.05, 0) is 48.9 Å². The van der Waals surface area contributed by atoms with Crippen LogP contribution in [0.5, 0.6) is 5.75 Å². The number of hydroxylamine groups is 1. The van der Waals surface area contributed by atoms with Crippen LogP contribution >= 0.6 is 11.6 Å². The average Bonchev–Trinajstić information content (AvgIpc) is 2.77. The summed E-state index contributed by atoms with van der Waals surface area (Å²) >= 11 is 5.96. The van der Waals surface area contributed by atoms with Crippen LogP contribution in [0.2, 0.25) is 5.02 Å². The number of methoxy groups -OCH3 is 1. The standard InChI is InChI=1S/C20H23ClN2O7S/c1-13-19(20(24)22-25)23(11-18(28-2)30-13)31(26,27)17-8-6-16(7-9-17)29-12-14-4-3-5-15(21)10-14/h3-10,13,18-19,25H,11-12H2,1-2H3,(H,22,24)/t13-,18?,19+/m0/s1. The van der Waals surface area contributed by atoms with E-state index in [0.29, 0.717) is 10.8 Å². The van der Waals surface area contributed by atoms with E-state index in [1.165, 1.54) is 43.8 Å². The fraction of sp³-hybridized carbons (Fsp3) is 0.350. The number of sulfonamides is 1. The molecule has 3 atom stereocenters. The number of nitrogens with one attached hydrogen (secondary N) is 1. The molecule has 1 aliphatic heterocycles. The molecule has 1 amide bonds. The molecule has 0 spiro atoms. The van der Waals surface area contributed by atoms with Gasteiger partial charge in [0, 0.05) is 12.1 Å². The van der Waals surface area contributed by atoms with Crippen molar-refractivity contribution in [2.24, 2.45) is 0 Å². The maximum Gasteiger partial charge on any atom is 0.264 e. The van der Waals surface area contributed by atoms with Crippen LogP contribution in [0, 0.1) is 0 Å². The fourth-order valence-electron chi connectivity index (χ4n) is 3.28. The Hall–Kier alpha value is -2.21. The summed E-state index contributed by atoms with van der Waals surface area (Å²) in [5, 5.41) is 9.65. The van der Waals surface area contributed by atoms with E-state index < -0.39 is 34.4 Å². The van der Waals surface area contributed by atoms with Crippen LogP contribution in [0.25, 0.3) is 0 Å². The van der Waals surface area contributed by atoms with Gasteiger partial charge >= 0.3 is 0 Å². The Bertz CT molecular complexity index is 1020. The predicted molar refractivity (Wildman–Crippen MR) is 111 cm³/mol. The largest absolute Gasteiger partial charge is 0.489 e. The minimum Gasteiger partial charge on any atom is -0.489 e. The molecule has 31 heavy (non-hydrogen) atoms. The maximum atomic E-state index is 13.3. The number of ether oxygens (including phenoxy) is 3. The van der Waals surface area contributed by atoms with Gasteiger partial charge in [0.25, 0.3) is 5.91 Å². The summed E-state index contributed by atoms with van der Waals surface area (Å²) in [6.45, 7) is 1.58. The van der Waals surface area contributed by atoms with E-state index in [1.807, 2.05) is 12.1 Å². The highest BCUT2D eigenvalue weighted by atomic mass is 35.5. The normalized spacial score (nSPS) is 22.1. The number of rotatable bonds is 7. The average molecular weight is 471 g/mol. The summed E-state index contributed by atoms with van der Waals surface area (Å²) in [6.07, 6.45) is -1.70. The lowest BCUT2D eigenvalue weighted by Crippen LogP contribution is -2.61. The van der Waals surface area contributed by atoms with Crippen molar-refractivity contribution in [3.63, 3.8) is 0 Å². The second-order valence-corrected chi connectivity index (χ2v) is 9.22. The van der Waals surface area contributed by atoms with Crippen LogP contribution in [-0.4, -0.2) is 55.9 Å². The van der Waals surface area contributed by atoms with Crippen molar-refractivity contribution in [3.8, 4) is 5.75 Å². The van der Waals surface area contributed by atoms with Crippen LogP contribution in [-0.2, 0) is 30.9 Å². The minimum absolute atomic E-state index is 0.0395. The molecule has 3 rings (SSSR count). The monoisotopic (exact) mass is 470 g/mol. The van der Waals surface area contributed by atoms with Crippen LogP contribution in [0.1, 0.15) is 12.5 Å². The molecule has 0 saturated carbocycles. The highest BCUT2D eigenvalue weighted by Crippen LogP contribution is 2.28. The molecule has 1 unspecified atom stereocenters. The quantitative estimate of drug-likeness (QED) is 0.470. The van der Waals surface area contributed by atoms with E-state index in [0.717, 1.165) is 9.87 Å². The minimum atomic E-state index is -4.10. The van der Waals surface area contributed by atoms with Crippen LogP contribution < -0.4 is 10.2 Å². The smallest absolute Gasteiger partial charge is 0.264 e. The summed E-state index contributed by atoms with van der Waals surface area (Å²) in [5.74, 6) is -0.430. The molecule has 1 saturated heterocycles. The maximum absolute atomic E-state index is 13.3. The third kappa shape index (κ3) is 5.35. The second-order valence-electron chi connectivity index (χ2n) is 6.89. The lowest BCUT2D eigenvalue weighted by molar-refractivity contribution is -0.200. The first-order valence-corrected chi connectivity index (χ1v) is 11.2. The van der Waals surface area contributed by atoms with Gasteiger partial charge in [-0.2, -0.15) is 4.31 Å². The zero-order valence-electron chi connectivity index (χ0n) is 16.9. The molecule has 0 aliphatic carbocycles. The highest BCUT2D eigenvalue weighted by molar-refractivity contribution is 7.89. The number of carbonyl (C=O) groups is 1. The molecule has 1 fully saturated rings. The van der Waals surface area contributed by atoms with E-state index in [1.54, 1.807) is 12.1 Å². The zero-order chi connectivity index (χ0) is 22.6. The number of amides is 1. The van der Waals surface area contributed by atoms with Crippen molar-refractivity contribution in [1.29, 1.82) is 0 Å². The Morgan fingerprint density at radius 1 is 1.29 bits per heavy atom. The molecule has 2 N–H and O–H groups in total. The van der Waals surface area contributed by atoms with Gasteiger partial charge in [-0.1, -0.05) is 23.7 Å². The van der Waals surface area contributed by atoms with Crippen LogP contribution in [0.4, 0.5) is 0 Å². The van der Waals surface area contributed by atoms with E-state index in [-0.39, 0.29) is 18.0 Å². The third-order valence-corrected chi connectivity index (χ3v) is 6.91. The van der Waals surface area contributed by atoms with E-state index >= 15 is 0 Å². The highest BCUT2D eigenvalue weighted by Gasteiger charge is 2.45. The van der Waals surface area contributed by atoms with Crippen LogP contribution in [0.15, 0.2) is 53.4 Å². The van der Waals surface area contributed by atoms with Crippen molar-refractivity contribution < 1.29 is 32.6 Å². The van der Waals surface area contributed by atoms with Gasteiger partial charge in [-0.15, -0.1) is 0 Å². The Morgan fingerprint density at radius 2 is 2.00 bits per heavy atom. The Kier molecular flexibility index (Phi) is 7.52. The SMILES string of the molecule is COC1CN(S(=O)(=O)c2ccc(OCc3cccc(Cl)c3)cc2)[C@@H](C(=O)NO)[C@H](C)O1. The predicted octanol–water partition coefficient (Wildman–Crippen LogP) is 2.17. The molecule has 1 aliphatic rings. The van der Waals surface area contributed by atoms with E-state index in [9.17, 15) is 13.2 Å². The molecule has 2 aromatic carbocycles. The summed E-state index contributed by atoms with van der Waals surface area (Å²) in [6, 6.07) is 11.8. The molecule has 9 nitrogen and oxygen atoms in total. The van der Waals surface area contributed by atoms with Gasteiger partial charge < -0.3 is 14.2 Å². The summed E-state index contributed by atoms with van der Waals surface area (Å²) in [5.41, 5.74) is 2.37. The lowest BCUT2D eigenvalue weighted by Gasteiger charge is -2.40. The molecule has 0 aromatic heterocycles. The van der Waals surface area contributed by atoms with Gasteiger partial charge in [0.1, 0.15) is 18.4 Å². The van der Waals surface area contributed by atoms with Gasteiger partial charge in [0.05, 0.1) is 17.5 Å². The molecule has 168 valence electrons. The number of hydrogen-bond donors (Lipinski definition) is 2. The topological polar surface area (TPSA) is 114 Å². The second kappa shape index (κ2) is 9.94. The molecule has 11 heteroatoms. The van der Waals surface area contributed by atoms with Gasteiger partial charge in [-0.25, -0.2) is 13.9 Å². The molecule has 2 aromatic rings. The van der Waals surface area contributed by atoms with Gasteiger partial charge in [0.15, 0.2) is 6.29 Å². The van der Waals surface area contributed by atoms with Crippen molar-refractivity contribution in [2.75, 3.05) is 13.7 Å². The molecule has 1 heterocycles. The van der Waals surface area contributed by atoms with Crippen molar-refractivity contribution in [1.82, 2.24) is 9.79 Å². The first-order chi connectivity index (χ1) is 14.8. The van der Waals surface area contributed by atoms with Crippen LogP contribution in [0.3, 0.4) is 0 Å². The Balaban J connectivity index is 1.80. The number of carbonyl (C=O) groups excluding carboxylic acids is 1. The first-order valence-electron chi connectivity index (χ1n) is 9.37. The summed E-state index contributed by atoms with van der Waals surface area (Å²) in [7, 11) is -2.73. The summed E-state index contributed by atoms with van der Waals surface area (Å²) < 4.78 is 43.8. The molecule has 0 bridgehead atoms. The first kappa shape index (κ1) is 23.5. The lowest BCUT2D eigenvalue weighted by atomic mass is 10.1. The van der Waals surface area contributed by atoms with Crippen molar-refractivity contribution >= 4 is 27.5 Å². The number of morpholine rings is 1.